The molecular formula is C17H13ClN2O2S. The van der Waals surface area contributed by atoms with Crippen molar-refractivity contribution >= 4 is 46.2 Å². The van der Waals surface area contributed by atoms with Gasteiger partial charge >= 0.3 is 0 Å². The number of hydrogen-bond acceptors (Lipinski definition) is 4. The fraction of sp³-hybridized carbons (Fsp3) is 0.0588. The number of phenols is 1. The van der Waals surface area contributed by atoms with Crippen molar-refractivity contribution in [3.63, 3.8) is 0 Å². The molecule has 0 unspecified atom stereocenters. The third kappa shape index (κ3) is 3.75. The zero-order chi connectivity index (χ0) is 16.4. The van der Waals surface area contributed by atoms with Crippen LogP contribution in [0, 0.1) is 6.92 Å². The third-order valence-corrected chi connectivity index (χ3v) is 4.30. The molecule has 3 rings (SSSR count). The number of carbonyl (C=O) groups excluding carboxylic acids is 1. The van der Waals surface area contributed by atoms with E-state index in [1.165, 1.54) is 11.8 Å². The van der Waals surface area contributed by atoms with Crippen molar-refractivity contribution in [2.45, 2.75) is 6.92 Å². The Bertz CT molecular complexity index is 846. The van der Waals surface area contributed by atoms with E-state index in [0.717, 1.165) is 11.1 Å². The van der Waals surface area contributed by atoms with E-state index in [9.17, 15) is 9.90 Å². The average Bonchev–Trinajstić information content (AvgIpc) is 2.83. The lowest BCUT2D eigenvalue weighted by Crippen LogP contribution is -2.19. The SMILES string of the molecule is Cc1ccc(O)c(N=C2NC(=O)/C(=C/c3cccc(Cl)c3)S2)c1. The largest absolute Gasteiger partial charge is 0.506 e. The van der Waals surface area contributed by atoms with E-state index < -0.39 is 0 Å². The first-order valence-corrected chi connectivity index (χ1v) is 8.05. The maximum atomic E-state index is 12.0. The standard InChI is InChI=1S/C17H13ClN2O2S/c1-10-5-6-14(21)13(7-10)19-17-20-16(22)15(23-17)9-11-3-2-4-12(18)8-11/h2-9,21H,1H3,(H,19,20,22)/b15-9-. The first-order valence-electron chi connectivity index (χ1n) is 6.86. The number of halogens is 1. The molecule has 1 fully saturated rings. The van der Waals surface area contributed by atoms with Gasteiger partial charge in [-0.2, -0.15) is 0 Å². The highest BCUT2D eigenvalue weighted by molar-refractivity contribution is 8.18. The smallest absolute Gasteiger partial charge is 0.264 e. The molecule has 0 atom stereocenters. The van der Waals surface area contributed by atoms with Gasteiger partial charge in [0.25, 0.3) is 5.91 Å². The number of amides is 1. The van der Waals surface area contributed by atoms with E-state index in [-0.39, 0.29) is 11.7 Å². The van der Waals surface area contributed by atoms with Crippen LogP contribution in [0.5, 0.6) is 5.75 Å². The second kappa shape index (κ2) is 6.48. The fourth-order valence-corrected chi connectivity index (χ4v) is 3.09. The van der Waals surface area contributed by atoms with Gasteiger partial charge in [-0.15, -0.1) is 0 Å². The predicted molar refractivity (Wildman–Crippen MR) is 95.1 cm³/mol. The van der Waals surface area contributed by atoms with Crippen LogP contribution in [0.15, 0.2) is 52.4 Å². The fourth-order valence-electron chi connectivity index (χ4n) is 2.06. The number of nitrogens with zero attached hydrogens (tertiary/aromatic N) is 1. The summed E-state index contributed by atoms with van der Waals surface area (Å²) in [7, 11) is 0. The molecule has 1 aliphatic heterocycles. The molecule has 0 saturated carbocycles. The van der Waals surface area contributed by atoms with Crippen LogP contribution in [0.4, 0.5) is 5.69 Å². The predicted octanol–water partition coefficient (Wildman–Crippen LogP) is 4.25. The Labute approximate surface area is 142 Å². The van der Waals surface area contributed by atoms with Crippen LogP contribution < -0.4 is 5.32 Å². The molecule has 0 bridgehead atoms. The number of hydrogen-bond donors (Lipinski definition) is 2. The van der Waals surface area contributed by atoms with Crippen LogP contribution in [0.2, 0.25) is 5.02 Å². The lowest BCUT2D eigenvalue weighted by molar-refractivity contribution is -0.115. The molecule has 2 N–H and O–H groups in total. The third-order valence-electron chi connectivity index (χ3n) is 3.15. The first-order chi connectivity index (χ1) is 11.0. The Morgan fingerprint density at radius 3 is 2.87 bits per heavy atom. The Kier molecular flexibility index (Phi) is 4.41. The Hall–Kier alpha value is -2.24. The second-order valence-corrected chi connectivity index (χ2v) is 6.50. The minimum absolute atomic E-state index is 0.0743. The number of carbonyl (C=O) groups is 1. The Morgan fingerprint density at radius 2 is 2.09 bits per heavy atom. The van der Waals surface area contributed by atoms with Crippen molar-refractivity contribution in [3.05, 3.63) is 63.5 Å². The zero-order valence-electron chi connectivity index (χ0n) is 12.2. The molecule has 0 spiro atoms. The van der Waals surface area contributed by atoms with Crippen molar-refractivity contribution in [1.82, 2.24) is 5.32 Å². The molecule has 1 aliphatic rings. The number of amidine groups is 1. The number of rotatable bonds is 2. The molecule has 1 heterocycles. The van der Waals surface area contributed by atoms with Gasteiger partial charge in [0, 0.05) is 5.02 Å². The molecule has 0 aromatic heterocycles. The summed E-state index contributed by atoms with van der Waals surface area (Å²) in [5.74, 6) is -0.147. The average molecular weight is 345 g/mol. The van der Waals surface area contributed by atoms with Gasteiger partial charge in [0.15, 0.2) is 5.17 Å². The van der Waals surface area contributed by atoms with Crippen molar-refractivity contribution in [1.29, 1.82) is 0 Å². The molecule has 116 valence electrons. The molecular weight excluding hydrogens is 332 g/mol. The van der Waals surface area contributed by atoms with E-state index in [0.29, 0.717) is 20.8 Å². The molecule has 2 aromatic rings. The van der Waals surface area contributed by atoms with Crippen molar-refractivity contribution in [3.8, 4) is 5.75 Å². The summed E-state index contributed by atoms with van der Waals surface area (Å²) in [6.45, 7) is 1.91. The second-order valence-electron chi connectivity index (χ2n) is 5.03. The first kappa shape index (κ1) is 15.6. The summed E-state index contributed by atoms with van der Waals surface area (Å²) in [6, 6.07) is 12.4. The lowest BCUT2D eigenvalue weighted by atomic mass is 10.2. The summed E-state index contributed by atoms with van der Waals surface area (Å²) < 4.78 is 0. The van der Waals surface area contributed by atoms with Crippen LogP contribution in [-0.2, 0) is 4.79 Å². The van der Waals surface area contributed by atoms with Crippen molar-refractivity contribution in [2.24, 2.45) is 4.99 Å². The molecule has 2 aromatic carbocycles. The highest BCUT2D eigenvalue weighted by Gasteiger charge is 2.24. The van der Waals surface area contributed by atoms with E-state index in [1.54, 1.807) is 36.4 Å². The summed E-state index contributed by atoms with van der Waals surface area (Å²) in [5.41, 5.74) is 2.25. The van der Waals surface area contributed by atoms with Crippen LogP contribution >= 0.6 is 23.4 Å². The van der Waals surface area contributed by atoms with E-state index >= 15 is 0 Å². The van der Waals surface area contributed by atoms with Crippen LogP contribution in [0.3, 0.4) is 0 Å². The van der Waals surface area contributed by atoms with Crippen LogP contribution in [-0.4, -0.2) is 16.2 Å². The number of nitrogens with one attached hydrogen (secondary N) is 1. The van der Waals surface area contributed by atoms with Crippen LogP contribution in [0.25, 0.3) is 6.08 Å². The molecule has 23 heavy (non-hydrogen) atoms. The van der Waals surface area contributed by atoms with Crippen molar-refractivity contribution in [2.75, 3.05) is 0 Å². The lowest BCUT2D eigenvalue weighted by Gasteiger charge is -2.01. The van der Waals surface area contributed by atoms with E-state index in [2.05, 4.69) is 10.3 Å². The zero-order valence-corrected chi connectivity index (χ0v) is 13.8. The number of aliphatic imine (C=N–C) groups is 1. The Balaban J connectivity index is 1.87. The minimum Gasteiger partial charge on any atom is -0.506 e. The monoisotopic (exact) mass is 344 g/mol. The molecule has 4 nitrogen and oxygen atoms in total. The molecule has 1 amide bonds. The van der Waals surface area contributed by atoms with Crippen LogP contribution in [0.1, 0.15) is 11.1 Å². The molecule has 0 aliphatic carbocycles. The topological polar surface area (TPSA) is 61.7 Å². The van der Waals surface area contributed by atoms with Gasteiger partial charge in [0.1, 0.15) is 11.4 Å². The maximum absolute atomic E-state index is 12.0. The number of benzene rings is 2. The van der Waals surface area contributed by atoms with E-state index in [1.807, 2.05) is 19.1 Å². The van der Waals surface area contributed by atoms with Gasteiger partial charge in [0.05, 0.1) is 4.91 Å². The molecule has 0 radical (unpaired) electrons. The summed E-state index contributed by atoms with van der Waals surface area (Å²) in [5, 5.41) is 13.6. The highest BCUT2D eigenvalue weighted by Crippen LogP contribution is 2.32. The van der Waals surface area contributed by atoms with Gasteiger partial charge in [-0.05, 0) is 60.2 Å². The van der Waals surface area contributed by atoms with Gasteiger partial charge < -0.3 is 10.4 Å². The molecule has 1 saturated heterocycles. The number of thioether (sulfide) groups is 1. The maximum Gasteiger partial charge on any atom is 0.264 e. The highest BCUT2D eigenvalue weighted by atomic mass is 35.5. The van der Waals surface area contributed by atoms with E-state index in [4.69, 9.17) is 11.6 Å². The summed E-state index contributed by atoms with van der Waals surface area (Å²) in [4.78, 5) is 16.9. The number of phenolic OH excluding ortho intramolecular Hbond substituents is 1. The van der Waals surface area contributed by atoms with Gasteiger partial charge in [-0.3, -0.25) is 4.79 Å². The summed E-state index contributed by atoms with van der Waals surface area (Å²) in [6.07, 6.45) is 1.75. The number of aryl methyl sites for hydroxylation is 1. The normalized spacial score (nSPS) is 17.7. The Morgan fingerprint density at radius 1 is 1.26 bits per heavy atom. The van der Waals surface area contributed by atoms with Gasteiger partial charge in [-0.25, -0.2) is 4.99 Å². The van der Waals surface area contributed by atoms with Crippen molar-refractivity contribution < 1.29 is 9.90 Å². The van der Waals surface area contributed by atoms with Gasteiger partial charge in [-0.1, -0.05) is 29.8 Å². The quantitative estimate of drug-likeness (QED) is 0.801. The van der Waals surface area contributed by atoms with Gasteiger partial charge in [0.2, 0.25) is 0 Å². The number of aromatic hydroxyl groups is 1. The minimum atomic E-state index is -0.221. The summed E-state index contributed by atoms with van der Waals surface area (Å²) >= 11 is 7.17. The molecule has 6 heteroatoms.